The summed E-state index contributed by atoms with van der Waals surface area (Å²) >= 11 is 0. The topological polar surface area (TPSA) is 61.3 Å². The summed E-state index contributed by atoms with van der Waals surface area (Å²) in [5.41, 5.74) is 7.87. The Morgan fingerprint density at radius 1 is 0.667 bits per heavy atom. The van der Waals surface area contributed by atoms with Gasteiger partial charge in [0.25, 0.3) is 0 Å². The Kier molecular flexibility index (Phi) is 5.95. The zero-order valence-electron chi connectivity index (χ0n) is 17.1. The average molecular weight is 476 g/mol. The third kappa shape index (κ3) is 4.96. The second-order valence-electron chi connectivity index (χ2n) is 7.32. The predicted molar refractivity (Wildman–Crippen MR) is 107 cm³/mol. The molecule has 0 radical (unpaired) electrons. The lowest BCUT2D eigenvalue weighted by Gasteiger charge is -2.19. The van der Waals surface area contributed by atoms with Gasteiger partial charge in [0, 0.05) is 0 Å². The summed E-state index contributed by atoms with van der Waals surface area (Å²) in [7, 11) is 0. The Hall–Kier alpha value is -3.50. The van der Waals surface area contributed by atoms with E-state index < -0.39 is 52.3 Å². The number of rotatable bonds is 3. The number of hydrogen-bond donors (Lipinski definition) is 2. The molecule has 3 aromatic carbocycles. The summed E-state index contributed by atoms with van der Waals surface area (Å²) in [6, 6.07) is 5.26. The van der Waals surface area contributed by atoms with E-state index in [0.29, 0.717) is 23.8 Å². The quantitative estimate of drug-likeness (QED) is 0.316. The molecule has 0 amide bonds. The molecule has 176 valence electrons. The maximum absolute atomic E-state index is 14.2. The molecule has 0 unspecified atom stereocenters. The molecule has 33 heavy (non-hydrogen) atoms. The third-order valence-corrected chi connectivity index (χ3v) is 4.95. The van der Waals surface area contributed by atoms with Crippen molar-refractivity contribution < 1.29 is 39.9 Å². The van der Waals surface area contributed by atoms with Gasteiger partial charge in [0.2, 0.25) is 0 Å². The highest BCUT2D eigenvalue weighted by molar-refractivity contribution is 5.80. The van der Waals surface area contributed by atoms with Crippen LogP contribution in [0.25, 0.3) is 22.3 Å². The van der Waals surface area contributed by atoms with Gasteiger partial charge in [0.15, 0.2) is 11.6 Å². The molecule has 0 heterocycles. The van der Waals surface area contributed by atoms with Crippen molar-refractivity contribution in [2.75, 3.05) is 11.5 Å². The molecule has 0 aliphatic carbocycles. The van der Waals surface area contributed by atoms with E-state index >= 15 is 0 Å². The van der Waals surface area contributed by atoms with Gasteiger partial charge >= 0.3 is 12.5 Å². The predicted octanol–water partition coefficient (Wildman–Crippen LogP) is 7.00. The number of anilines is 2. The molecule has 0 fully saturated rings. The zero-order chi connectivity index (χ0) is 24.9. The Morgan fingerprint density at radius 3 is 1.73 bits per heavy atom. The van der Waals surface area contributed by atoms with E-state index in [1.165, 1.54) is 19.9 Å². The minimum atomic E-state index is -5.25. The largest absolute Gasteiger partial charge is 0.573 e. The minimum absolute atomic E-state index is 0.00996. The van der Waals surface area contributed by atoms with Crippen LogP contribution in [0.5, 0.6) is 5.75 Å². The highest BCUT2D eigenvalue weighted by Crippen LogP contribution is 2.43. The molecule has 11 heteroatoms. The van der Waals surface area contributed by atoms with E-state index in [9.17, 15) is 35.1 Å². The summed E-state index contributed by atoms with van der Waals surface area (Å²) in [6.07, 6.45) is -10.2. The number of aryl methyl sites for hydroxylation is 2. The maximum Gasteiger partial charge on any atom is 0.573 e. The lowest BCUT2D eigenvalue weighted by Crippen LogP contribution is -2.18. The first-order valence-corrected chi connectivity index (χ1v) is 9.21. The smallest absolute Gasteiger partial charge is 0.403 e. The van der Waals surface area contributed by atoms with E-state index in [4.69, 9.17) is 11.5 Å². The highest BCUT2D eigenvalue weighted by atomic mass is 19.4. The Labute approximate surface area is 182 Å². The van der Waals surface area contributed by atoms with E-state index in [1.54, 1.807) is 0 Å². The van der Waals surface area contributed by atoms with Crippen molar-refractivity contribution in [1.82, 2.24) is 0 Å². The van der Waals surface area contributed by atoms with Gasteiger partial charge in [0.05, 0.1) is 11.3 Å². The van der Waals surface area contributed by atoms with Crippen molar-refractivity contribution in [3.63, 3.8) is 0 Å². The van der Waals surface area contributed by atoms with Gasteiger partial charge in [0.1, 0.15) is 11.5 Å². The van der Waals surface area contributed by atoms with Gasteiger partial charge in [-0.3, -0.25) is 0 Å². The molecule has 0 aliphatic heterocycles. The van der Waals surface area contributed by atoms with Gasteiger partial charge < -0.3 is 16.2 Å². The molecule has 4 N–H and O–H groups in total. The molecule has 0 spiro atoms. The van der Waals surface area contributed by atoms with Crippen LogP contribution < -0.4 is 16.2 Å². The average Bonchev–Trinajstić information content (AvgIpc) is 2.66. The van der Waals surface area contributed by atoms with Crippen LogP contribution in [0.2, 0.25) is 0 Å². The molecule has 0 atom stereocenters. The summed E-state index contributed by atoms with van der Waals surface area (Å²) in [5, 5.41) is 0. The van der Waals surface area contributed by atoms with Crippen LogP contribution in [0.15, 0.2) is 36.4 Å². The first kappa shape index (κ1) is 24.1. The zero-order valence-corrected chi connectivity index (χ0v) is 17.1. The summed E-state index contributed by atoms with van der Waals surface area (Å²) in [5.74, 6) is -3.39. The van der Waals surface area contributed by atoms with Gasteiger partial charge in [-0.05, 0) is 77.6 Å². The van der Waals surface area contributed by atoms with Crippen molar-refractivity contribution in [1.29, 1.82) is 0 Å². The summed E-state index contributed by atoms with van der Waals surface area (Å²) < 4.78 is 112. The number of hydrogen-bond acceptors (Lipinski definition) is 3. The van der Waals surface area contributed by atoms with Crippen molar-refractivity contribution in [2.45, 2.75) is 26.4 Å². The molecule has 0 bridgehead atoms. The van der Waals surface area contributed by atoms with E-state index in [0.717, 1.165) is 12.1 Å². The molecular weight excluding hydrogens is 460 g/mol. The molecule has 3 nitrogen and oxygen atoms in total. The molecule has 0 saturated heterocycles. The SMILES string of the molecule is Cc1cc(-c2cc(F)c(N)c(OC(F)(F)F)c2)c(C(F)(F)F)cc1-c1cc(C)c(N)c(F)c1. The standard InChI is InChI=1S/C22H16F8N2O/c1-9-4-14(12-6-17(24)20(32)18(7-12)33-22(28,29)30)15(21(25,26)27)8-13(9)11-3-10(2)19(31)16(23)5-11/h3-8H,31-32H2,1-2H3. The molecule has 0 aromatic heterocycles. The third-order valence-electron chi connectivity index (χ3n) is 4.95. The number of halogens is 8. The fourth-order valence-corrected chi connectivity index (χ4v) is 3.36. The van der Waals surface area contributed by atoms with Crippen molar-refractivity contribution >= 4 is 11.4 Å². The Balaban J connectivity index is 2.28. The monoisotopic (exact) mass is 476 g/mol. The van der Waals surface area contributed by atoms with Gasteiger partial charge in [-0.15, -0.1) is 13.2 Å². The normalized spacial score (nSPS) is 12.2. The first-order valence-electron chi connectivity index (χ1n) is 9.21. The number of nitrogens with two attached hydrogens (primary N) is 2. The van der Waals surface area contributed by atoms with Crippen molar-refractivity contribution in [2.24, 2.45) is 0 Å². The molecule has 0 aliphatic rings. The van der Waals surface area contributed by atoms with Crippen LogP contribution in [0.3, 0.4) is 0 Å². The Morgan fingerprint density at radius 2 is 1.21 bits per heavy atom. The lowest BCUT2D eigenvalue weighted by molar-refractivity contribution is -0.274. The van der Waals surface area contributed by atoms with Crippen LogP contribution >= 0.6 is 0 Å². The van der Waals surface area contributed by atoms with Crippen LogP contribution in [-0.4, -0.2) is 6.36 Å². The second-order valence-corrected chi connectivity index (χ2v) is 7.32. The van der Waals surface area contributed by atoms with E-state index in [1.807, 2.05) is 0 Å². The number of benzene rings is 3. The van der Waals surface area contributed by atoms with Gasteiger partial charge in [-0.1, -0.05) is 6.07 Å². The molecular formula is C22H16F8N2O. The number of nitrogen functional groups attached to an aromatic ring is 2. The summed E-state index contributed by atoms with van der Waals surface area (Å²) in [6.45, 7) is 2.90. The fourth-order valence-electron chi connectivity index (χ4n) is 3.36. The molecule has 3 aromatic rings. The fraction of sp³-hybridized carbons (Fsp3) is 0.182. The van der Waals surface area contributed by atoms with E-state index in [-0.39, 0.29) is 22.4 Å². The minimum Gasteiger partial charge on any atom is -0.403 e. The molecule has 3 rings (SSSR count). The van der Waals surface area contributed by atoms with Crippen molar-refractivity contribution in [3.05, 3.63) is 64.7 Å². The van der Waals surface area contributed by atoms with Crippen LogP contribution in [-0.2, 0) is 6.18 Å². The maximum atomic E-state index is 14.2. The number of alkyl halides is 6. The Bertz CT molecular complexity index is 1210. The lowest BCUT2D eigenvalue weighted by atomic mass is 9.90. The first-order chi connectivity index (χ1) is 15.1. The number of ether oxygens (including phenoxy) is 1. The molecule has 0 saturated carbocycles. The van der Waals surface area contributed by atoms with Gasteiger partial charge in [-0.25, -0.2) is 8.78 Å². The van der Waals surface area contributed by atoms with Crippen molar-refractivity contribution in [3.8, 4) is 28.0 Å². The second kappa shape index (κ2) is 8.13. The van der Waals surface area contributed by atoms with Crippen LogP contribution in [0, 0.1) is 25.5 Å². The highest BCUT2D eigenvalue weighted by Gasteiger charge is 2.36. The van der Waals surface area contributed by atoms with Gasteiger partial charge in [-0.2, -0.15) is 13.2 Å². The van der Waals surface area contributed by atoms with E-state index in [2.05, 4.69) is 4.74 Å². The van der Waals surface area contributed by atoms with Crippen LogP contribution in [0.1, 0.15) is 16.7 Å². The summed E-state index contributed by atoms with van der Waals surface area (Å²) in [4.78, 5) is 0. The van der Waals surface area contributed by atoms with Crippen LogP contribution in [0.4, 0.5) is 46.5 Å².